The van der Waals surface area contributed by atoms with Gasteiger partial charge in [0, 0.05) is 41.6 Å². The van der Waals surface area contributed by atoms with Crippen LogP contribution in [-0.4, -0.2) is 47.6 Å². The Morgan fingerprint density at radius 2 is 1.92 bits per heavy atom. The molecule has 1 saturated carbocycles. The number of anilines is 3. The maximum atomic E-state index is 14.8. The number of hydrogen-bond acceptors (Lipinski definition) is 7. The molecule has 2 fully saturated rings. The first-order valence-electron chi connectivity index (χ1n) is 13.1. The number of pyridine rings is 1. The van der Waals surface area contributed by atoms with E-state index in [1.165, 1.54) is 17.2 Å². The first-order chi connectivity index (χ1) is 18.6. The zero-order chi connectivity index (χ0) is 26.1. The predicted molar refractivity (Wildman–Crippen MR) is 145 cm³/mol. The summed E-state index contributed by atoms with van der Waals surface area (Å²) in [6.45, 7) is 5.39. The van der Waals surface area contributed by atoms with Crippen molar-refractivity contribution in [3.05, 3.63) is 76.5 Å². The van der Waals surface area contributed by atoms with E-state index in [0.29, 0.717) is 35.1 Å². The molecule has 1 N–H and O–H groups in total. The lowest BCUT2D eigenvalue weighted by Gasteiger charge is -2.28. The van der Waals surface area contributed by atoms with Gasteiger partial charge >= 0.3 is 0 Å². The topological polar surface area (TPSA) is 81.5 Å². The summed E-state index contributed by atoms with van der Waals surface area (Å²) in [5.41, 5.74) is 3.02. The lowest BCUT2D eigenvalue weighted by atomic mass is 9.86. The van der Waals surface area contributed by atoms with E-state index in [9.17, 15) is 9.18 Å². The summed E-state index contributed by atoms with van der Waals surface area (Å²) >= 11 is 0. The van der Waals surface area contributed by atoms with Crippen LogP contribution in [0.25, 0.3) is 22.2 Å². The van der Waals surface area contributed by atoms with Crippen LogP contribution in [0.4, 0.5) is 21.7 Å². The van der Waals surface area contributed by atoms with Crippen molar-refractivity contribution in [3.8, 4) is 11.1 Å². The lowest BCUT2D eigenvalue weighted by molar-refractivity contribution is 0.0560. The smallest absolute Gasteiger partial charge is 0.293 e. The fraction of sp³-hybridized carbons (Fsp3) is 0.345. The van der Waals surface area contributed by atoms with Crippen LogP contribution < -0.4 is 20.6 Å². The molecule has 8 nitrogen and oxygen atoms in total. The Labute approximate surface area is 220 Å². The third-order valence-corrected chi connectivity index (χ3v) is 7.36. The summed E-state index contributed by atoms with van der Waals surface area (Å²) in [6.07, 6.45) is 4.94. The molecular weight excluding hydrogens is 485 g/mol. The van der Waals surface area contributed by atoms with Crippen molar-refractivity contribution in [1.82, 2.24) is 14.7 Å². The van der Waals surface area contributed by atoms with Crippen LogP contribution in [0, 0.1) is 18.7 Å². The highest BCUT2D eigenvalue weighted by molar-refractivity contribution is 5.82. The normalized spacial score (nSPS) is 15.9. The number of ether oxygens (including phenoxy) is 1. The second kappa shape index (κ2) is 10.4. The second-order valence-electron chi connectivity index (χ2n) is 9.93. The molecule has 2 aromatic heterocycles. The van der Waals surface area contributed by atoms with Gasteiger partial charge in [-0.05, 0) is 67.6 Å². The number of nitrogens with zero attached hydrogens (tertiary/aromatic N) is 4. The Balaban J connectivity index is 1.35. The van der Waals surface area contributed by atoms with E-state index in [0.717, 1.165) is 50.5 Å². The zero-order valence-corrected chi connectivity index (χ0v) is 21.3. The highest BCUT2D eigenvalue weighted by atomic mass is 19.1. The molecule has 2 aliphatic rings. The summed E-state index contributed by atoms with van der Waals surface area (Å²) in [5.74, 6) is 0.291. The van der Waals surface area contributed by atoms with Crippen molar-refractivity contribution in [1.29, 1.82) is 0 Å². The number of morpholine rings is 1. The minimum atomic E-state index is -0.452. The van der Waals surface area contributed by atoms with Crippen LogP contribution >= 0.6 is 0 Å². The minimum absolute atomic E-state index is 0.227. The molecular formula is C29H30FN5O3. The highest BCUT2D eigenvalue weighted by Gasteiger charge is 2.22. The summed E-state index contributed by atoms with van der Waals surface area (Å²) in [7, 11) is 0. The van der Waals surface area contributed by atoms with Crippen molar-refractivity contribution in [2.24, 2.45) is 5.92 Å². The minimum Gasteiger partial charge on any atom is -0.408 e. The maximum absolute atomic E-state index is 14.8. The van der Waals surface area contributed by atoms with Gasteiger partial charge in [0.1, 0.15) is 12.4 Å². The number of hydrogen-bond donors (Lipinski definition) is 1. The van der Waals surface area contributed by atoms with E-state index >= 15 is 0 Å². The third-order valence-electron chi connectivity index (χ3n) is 7.36. The van der Waals surface area contributed by atoms with Gasteiger partial charge in [-0.15, -0.1) is 4.73 Å². The average Bonchev–Trinajstić information content (AvgIpc) is 2.90. The van der Waals surface area contributed by atoms with E-state index in [-0.39, 0.29) is 11.1 Å². The lowest BCUT2D eigenvalue weighted by Crippen LogP contribution is -2.36. The number of rotatable bonds is 7. The molecule has 6 rings (SSSR count). The van der Waals surface area contributed by atoms with Gasteiger partial charge in [-0.1, -0.05) is 18.6 Å². The molecule has 1 aliphatic carbocycles. The van der Waals surface area contributed by atoms with E-state index in [1.54, 1.807) is 31.3 Å². The summed E-state index contributed by atoms with van der Waals surface area (Å²) in [5, 5.41) is 3.82. The Morgan fingerprint density at radius 3 is 2.63 bits per heavy atom. The van der Waals surface area contributed by atoms with Gasteiger partial charge in [0.05, 0.1) is 18.8 Å². The quantitative estimate of drug-likeness (QED) is 0.382. The molecule has 0 amide bonds. The number of aryl methyl sites for hydroxylation is 1. The monoisotopic (exact) mass is 515 g/mol. The molecule has 2 aromatic carbocycles. The molecule has 1 saturated heterocycles. The van der Waals surface area contributed by atoms with Crippen molar-refractivity contribution in [3.63, 3.8) is 0 Å². The van der Waals surface area contributed by atoms with Crippen LogP contribution in [0.3, 0.4) is 0 Å². The van der Waals surface area contributed by atoms with E-state index in [2.05, 4.69) is 32.3 Å². The summed E-state index contributed by atoms with van der Waals surface area (Å²) in [4.78, 5) is 31.1. The Hall–Kier alpha value is -3.98. The van der Waals surface area contributed by atoms with Gasteiger partial charge in [-0.25, -0.2) is 9.37 Å². The third kappa shape index (κ3) is 4.81. The van der Waals surface area contributed by atoms with Crippen molar-refractivity contribution in [2.45, 2.75) is 26.2 Å². The number of halogens is 1. The average molecular weight is 516 g/mol. The van der Waals surface area contributed by atoms with Crippen molar-refractivity contribution >= 4 is 28.4 Å². The molecule has 4 aromatic rings. The van der Waals surface area contributed by atoms with E-state index in [1.807, 2.05) is 12.1 Å². The van der Waals surface area contributed by atoms with Crippen LogP contribution in [0.5, 0.6) is 0 Å². The summed E-state index contributed by atoms with van der Waals surface area (Å²) in [6, 6.07) is 14.5. The number of benzene rings is 2. The van der Waals surface area contributed by atoms with Gasteiger partial charge in [0.25, 0.3) is 5.56 Å². The molecule has 0 bridgehead atoms. The fourth-order valence-electron chi connectivity index (χ4n) is 4.95. The van der Waals surface area contributed by atoms with Gasteiger partial charge in [0.15, 0.2) is 5.65 Å². The Kier molecular flexibility index (Phi) is 6.68. The number of nitrogens with one attached hydrogen (secondary N) is 1. The number of fused-ring (bicyclic) bond motifs is 1. The van der Waals surface area contributed by atoms with Crippen molar-refractivity contribution in [2.75, 3.05) is 43.1 Å². The Bertz CT molecular complexity index is 1490. The molecule has 3 heterocycles. The zero-order valence-electron chi connectivity index (χ0n) is 21.3. The van der Waals surface area contributed by atoms with Crippen LogP contribution in [0.15, 0.2) is 59.5 Å². The van der Waals surface area contributed by atoms with Gasteiger partial charge in [0.2, 0.25) is 5.95 Å². The molecule has 0 unspecified atom stereocenters. The fourth-order valence-corrected chi connectivity index (χ4v) is 4.95. The van der Waals surface area contributed by atoms with Gasteiger partial charge in [-0.2, -0.15) is 4.98 Å². The second-order valence-corrected chi connectivity index (χ2v) is 9.93. The maximum Gasteiger partial charge on any atom is 0.293 e. The molecule has 1 aliphatic heterocycles. The summed E-state index contributed by atoms with van der Waals surface area (Å²) < 4.78 is 21.5. The SMILES string of the molecule is Cc1cccc(F)c1-c1cc2cnc(Nc3ccc(N4CCOCC4)cc3)nc2n(OCC2CCC2)c1=O. The number of aromatic nitrogens is 3. The van der Waals surface area contributed by atoms with Gasteiger partial charge in [-0.3, -0.25) is 4.79 Å². The first kappa shape index (κ1) is 24.4. The standard InChI is InChI=1S/C29H30FN5O3/c1-19-4-2-7-25(30)26(19)24-16-21-17-31-29(33-27(21)35(28(24)36)38-18-20-5-3-6-20)32-22-8-10-23(11-9-22)34-12-14-37-15-13-34/h2,4,7-11,16-17,20H,3,5-6,12-15,18H2,1H3,(H,31,32,33). The molecule has 0 radical (unpaired) electrons. The van der Waals surface area contributed by atoms with Crippen molar-refractivity contribution < 1.29 is 14.0 Å². The highest BCUT2D eigenvalue weighted by Crippen LogP contribution is 2.28. The predicted octanol–water partition coefficient (Wildman–Crippen LogP) is 4.71. The molecule has 0 atom stereocenters. The molecule has 38 heavy (non-hydrogen) atoms. The van der Waals surface area contributed by atoms with E-state index < -0.39 is 11.4 Å². The molecule has 196 valence electrons. The van der Waals surface area contributed by atoms with E-state index in [4.69, 9.17) is 9.57 Å². The first-order valence-corrected chi connectivity index (χ1v) is 13.1. The van der Waals surface area contributed by atoms with Crippen LogP contribution in [0.2, 0.25) is 0 Å². The largest absolute Gasteiger partial charge is 0.408 e. The molecule has 0 spiro atoms. The molecule has 9 heteroatoms. The van der Waals surface area contributed by atoms with Gasteiger partial charge < -0.3 is 19.8 Å². The van der Waals surface area contributed by atoms with Crippen LogP contribution in [0.1, 0.15) is 24.8 Å². The Morgan fingerprint density at radius 1 is 1.13 bits per heavy atom. The van der Waals surface area contributed by atoms with Crippen LogP contribution in [-0.2, 0) is 4.74 Å².